The molecule has 3 aliphatic carbocycles. The zero-order valence-electron chi connectivity index (χ0n) is 13.0. The van der Waals surface area contributed by atoms with Crippen molar-refractivity contribution in [2.75, 3.05) is 0 Å². The number of amides is 2. The van der Waals surface area contributed by atoms with Crippen LogP contribution in [0.25, 0.3) is 0 Å². The topological polar surface area (TPSA) is 92.9 Å². The Bertz CT molecular complexity index is 818. The lowest BCUT2D eigenvalue weighted by molar-refractivity contribution is -0.384. The van der Waals surface area contributed by atoms with E-state index in [9.17, 15) is 19.7 Å². The number of hydrogen-bond donors (Lipinski definition) is 0. The first kappa shape index (κ1) is 16.0. The monoisotopic (exact) mass is 359 g/mol. The van der Waals surface area contributed by atoms with Crippen LogP contribution in [0, 0.1) is 33.8 Å². The Balaban J connectivity index is 1.63. The van der Waals surface area contributed by atoms with Gasteiger partial charge in [0.2, 0.25) is 0 Å². The van der Waals surface area contributed by atoms with Crippen molar-refractivity contribution in [3.8, 4) is 0 Å². The second kappa shape index (κ2) is 5.77. The number of non-ortho nitro benzene ring substituents is 1. The third-order valence-electron chi connectivity index (χ3n) is 5.24. The van der Waals surface area contributed by atoms with Crippen molar-refractivity contribution < 1.29 is 14.5 Å². The fraction of sp³-hybridized carbons (Fsp3) is 0.353. The van der Waals surface area contributed by atoms with E-state index in [-0.39, 0.29) is 51.8 Å². The minimum absolute atomic E-state index is 0.0908. The van der Waals surface area contributed by atoms with Crippen LogP contribution in [0.15, 0.2) is 35.5 Å². The summed E-state index contributed by atoms with van der Waals surface area (Å²) in [5.41, 5.74) is 0.147. The van der Waals surface area contributed by atoms with Gasteiger partial charge in [-0.1, -0.05) is 23.8 Å². The van der Waals surface area contributed by atoms with Crippen molar-refractivity contribution in [2.24, 2.45) is 28.8 Å². The molecule has 2 bridgehead atoms. The number of fused-ring (bicyclic) bond motifs is 1. The van der Waals surface area contributed by atoms with Crippen LogP contribution < -0.4 is 0 Å². The van der Waals surface area contributed by atoms with E-state index in [4.69, 9.17) is 11.6 Å². The van der Waals surface area contributed by atoms with Crippen LogP contribution in [-0.2, 0) is 9.59 Å². The number of hydrogen-bond acceptors (Lipinski definition) is 5. The maximum atomic E-state index is 12.6. The number of hydrazone groups is 1. The number of halogens is 1. The van der Waals surface area contributed by atoms with Gasteiger partial charge >= 0.3 is 0 Å². The van der Waals surface area contributed by atoms with Crippen molar-refractivity contribution in [2.45, 2.75) is 12.8 Å². The largest absolute Gasteiger partial charge is 0.272 e. The first-order valence-electron chi connectivity index (χ1n) is 8.01. The number of carbonyl (C=O) groups excluding carboxylic acids is 2. The zero-order chi connectivity index (χ0) is 17.7. The van der Waals surface area contributed by atoms with E-state index < -0.39 is 4.92 Å². The highest BCUT2D eigenvalue weighted by atomic mass is 35.5. The molecule has 1 aliphatic heterocycles. The van der Waals surface area contributed by atoms with Crippen molar-refractivity contribution in [3.63, 3.8) is 0 Å². The van der Waals surface area contributed by atoms with Gasteiger partial charge in [-0.25, -0.2) is 0 Å². The molecule has 0 aromatic heterocycles. The Kier molecular flexibility index (Phi) is 3.68. The zero-order valence-corrected chi connectivity index (χ0v) is 13.8. The van der Waals surface area contributed by atoms with Gasteiger partial charge < -0.3 is 0 Å². The second-order valence-electron chi connectivity index (χ2n) is 6.54. The Morgan fingerprint density at radius 2 is 1.76 bits per heavy atom. The van der Waals surface area contributed by atoms with E-state index in [2.05, 4.69) is 5.10 Å². The molecule has 7 nitrogen and oxygen atoms in total. The molecule has 128 valence electrons. The first-order chi connectivity index (χ1) is 12.0. The fourth-order valence-corrected chi connectivity index (χ4v) is 4.20. The lowest BCUT2D eigenvalue weighted by Crippen LogP contribution is -2.38. The molecule has 1 saturated heterocycles. The predicted molar refractivity (Wildman–Crippen MR) is 89.9 cm³/mol. The average molecular weight is 360 g/mol. The number of rotatable bonds is 3. The highest BCUT2D eigenvalue weighted by molar-refractivity contribution is 6.33. The van der Waals surface area contributed by atoms with Crippen LogP contribution in [0.1, 0.15) is 18.4 Å². The smallest absolute Gasteiger partial charge is 0.270 e. The number of benzene rings is 1. The van der Waals surface area contributed by atoms with E-state index in [1.54, 1.807) is 0 Å². The lowest BCUT2D eigenvalue weighted by atomic mass is 9.63. The molecule has 0 N–H and O–H groups in total. The Morgan fingerprint density at radius 1 is 1.16 bits per heavy atom. The molecule has 2 fully saturated rings. The second-order valence-corrected chi connectivity index (χ2v) is 6.94. The van der Waals surface area contributed by atoms with Crippen molar-refractivity contribution in [1.29, 1.82) is 0 Å². The van der Waals surface area contributed by atoms with Gasteiger partial charge in [-0.15, -0.1) is 0 Å². The molecule has 5 rings (SSSR count). The standard InChI is InChI=1S/C17H14ClN3O4/c18-13-6-5-12(21(24)25)7-11(13)8-19-20-16(22)14-9-1-2-10(4-3-9)15(14)17(20)23/h1-2,5-10,14-15H,3-4H2/b19-8-/t9-,10-,14-,15-/m0/s1. The summed E-state index contributed by atoms with van der Waals surface area (Å²) in [6.07, 6.45) is 7.12. The molecule has 2 amide bonds. The van der Waals surface area contributed by atoms with Gasteiger partial charge in [0.1, 0.15) is 0 Å². The van der Waals surface area contributed by atoms with Gasteiger partial charge in [0.15, 0.2) is 0 Å². The third kappa shape index (κ3) is 2.46. The van der Waals surface area contributed by atoms with E-state index in [0.29, 0.717) is 0 Å². The van der Waals surface area contributed by atoms with Crippen molar-refractivity contribution in [1.82, 2.24) is 5.01 Å². The van der Waals surface area contributed by atoms with E-state index in [0.717, 1.165) is 17.9 Å². The van der Waals surface area contributed by atoms with E-state index in [1.165, 1.54) is 24.4 Å². The molecule has 1 heterocycles. The fourth-order valence-electron chi connectivity index (χ4n) is 4.04. The van der Waals surface area contributed by atoms with Gasteiger partial charge in [0.25, 0.3) is 17.5 Å². The number of nitro benzene ring substituents is 1. The molecular weight excluding hydrogens is 346 g/mol. The molecule has 4 atom stereocenters. The Labute approximate surface area is 148 Å². The summed E-state index contributed by atoms with van der Waals surface area (Å²) in [5, 5.41) is 16.0. The number of nitrogens with zero attached hydrogens (tertiary/aromatic N) is 3. The summed E-state index contributed by atoms with van der Waals surface area (Å²) >= 11 is 6.03. The maximum absolute atomic E-state index is 12.6. The molecular formula is C17H14ClN3O4. The van der Waals surface area contributed by atoms with Crippen molar-refractivity contribution in [3.05, 3.63) is 51.1 Å². The summed E-state index contributed by atoms with van der Waals surface area (Å²) in [6, 6.07) is 3.93. The molecule has 0 unspecified atom stereocenters. The SMILES string of the molecule is O=C1[C@@H]2[C@@H](C(=O)N1/N=C\c1cc([N+](=O)[O-])ccc1Cl)[C@H]1C=C[C@H]2CC1. The van der Waals surface area contributed by atoms with Crippen LogP contribution in [0.3, 0.4) is 0 Å². The van der Waals surface area contributed by atoms with E-state index in [1.807, 2.05) is 12.2 Å². The first-order valence-corrected chi connectivity index (χ1v) is 8.39. The number of nitro groups is 1. The van der Waals surface area contributed by atoms with Gasteiger partial charge in [-0.2, -0.15) is 10.1 Å². The molecule has 8 heteroatoms. The summed E-state index contributed by atoms with van der Waals surface area (Å²) in [6.45, 7) is 0. The molecule has 25 heavy (non-hydrogen) atoms. The van der Waals surface area contributed by atoms with E-state index >= 15 is 0 Å². The quantitative estimate of drug-likeness (QED) is 0.273. The highest BCUT2D eigenvalue weighted by Crippen LogP contribution is 2.49. The van der Waals surface area contributed by atoms with Gasteiger partial charge in [-0.3, -0.25) is 19.7 Å². The summed E-state index contributed by atoms with van der Waals surface area (Å²) in [4.78, 5) is 35.6. The number of allylic oxidation sites excluding steroid dienone is 2. The Morgan fingerprint density at radius 3 is 2.28 bits per heavy atom. The van der Waals surface area contributed by atoms with Gasteiger partial charge in [0.05, 0.1) is 23.0 Å². The predicted octanol–water partition coefficient (Wildman–Crippen LogP) is 2.78. The van der Waals surface area contributed by atoms with Crippen LogP contribution in [0.2, 0.25) is 5.02 Å². The third-order valence-corrected chi connectivity index (χ3v) is 5.58. The minimum Gasteiger partial charge on any atom is -0.272 e. The molecule has 4 aliphatic rings. The number of carbonyl (C=O) groups is 2. The maximum Gasteiger partial charge on any atom is 0.270 e. The van der Waals surface area contributed by atoms with Crippen LogP contribution in [0.5, 0.6) is 0 Å². The molecule has 1 aromatic rings. The van der Waals surface area contributed by atoms with Gasteiger partial charge in [-0.05, 0) is 30.7 Å². The molecule has 1 aromatic carbocycles. The molecule has 1 saturated carbocycles. The summed E-state index contributed by atoms with van der Waals surface area (Å²) < 4.78 is 0. The normalized spacial score (nSPS) is 30.4. The van der Waals surface area contributed by atoms with Gasteiger partial charge in [0, 0.05) is 22.7 Å². The average Bonchev–Trinajstić information content (AvgIpc) is 2.88. The number of imide groups is 1. The van der Waals surface area contributed by atoms with Crippen LogP contribution >= 0.6 is 11.6 Å². The van der Waals surface area contributed by atoms with Crippen LogP contribution in [-0.4, -0.2) is 28.0 Å². The highest BCUT2D eigenvalue weighted by Gasteiger charge is 2.56. The Hall–Kier alpha value is -2.54. The van der Waals surface area contributed by atoms with Crippen molar-refractivity contribution >= 4 is 35.3 Å². The minimum atomic E-state index is -0.544. The molecule has 0 spiro atoms. The molecule has 0 radical (unpaired) electrons. The summed E-state index contributed by atoms with van der Waals surface area (Å²) in [5.74, 6) is -1.09. The summed E-state index contributed by atoms with van der Waals surface area (Å²) in [7, 11) is 0. The van der Waals surface area contributed by atoms with Crippen LogP contribution in [0.4, 0.5) is 5.69 Å². The lowest BCUT2D eigenvalue weighted by Gasteiger charge is -2.37.